The van der Waals surface area contributed by atoms with Crippen LogP contribution in [0.15, 0.2) is 48.5 Å². The fourth-order valence-electron chi connectivity index (χ4n) is 4.17. The van der Waals surface area contributed by atoms with Gasteiger partial charge in [-0.05, 0) is 85.5 Å². The van der Waals surface area contributed by atoms with Gasteiger partial charge in [0.2, 0.25) is 0 Å². The number of aryl methyl sites for hydroxylation is 3. The van der Waals surface area contributed by atoms with Crippen LogP contribution in [-0.2, 0) is 11.3 Å². The van der Waals surface area contributed by atoms with Crippen molar-refractivity contribution in [1.82, 2.24) is 10.3 Å². The Labute approximate surface area is 188 Å². The van der Waals surface area contributed by atoms with Crippen molar-refractivity contribution in [2.75, 3.05) is 31.2 Å². The number of aromatic nitrogens is 1. The molecule has 6 heteroatoms. The van der Waals surface area contributed by atoms with Gasteiger partial charge in [-0.3, -0.25) is 9.78 Å². The zero-order valence-corrected chi connectivity index (χ0v) is 18.7. The minimum atomic E-state index is -0.344. The summed E-state index contributed by atoms with van der Waals surface area (Å²) in [5.74, 6) is -0.560. The van der Waals surface area contributed by atoms with Gasteiger partial charge in [0.05, 0.1) is 13.2 Å². The molecular formula is C26H28FN3O2. The molecule has 166 valence electrons. The van der Waals surface area contributed by atoms with E-state index in [1.54, 1.807) is 6.92 Å². The zero-order chi connectivity index (χ0) is 22.7. The summed E-state index contributed by atoms with van der Waals surface area (Å²) in [4.78, 5) is 19.6. The second-order valence-electron chi connectivity index (χ2n) is 8.22. The molecule has 2 aromatic carbocycles. The van der Waals surface area contributed by atoms with Crippen molar-refractivity contribution >= 4 is 11.6 Å². The summed E-state index contributed by atoms with van der Waals surface area (Å²) >= 11 is 0. The number of pyridine rings is 1. The normalized spacial score (nSPS) is 13.8. The maximum absolute atomic E-state index is 13.4. The molecular weight excluding hydrogens is 405 g/mol. The van der Waals surface area contributed by atoms with Crippen molar-refractivity contribution in [3.8, 4) is 11.1 Å². The lowest BCUT2D eigenvalue weighted by atomic mass is 9.97. The number of carbonyl (C=O) groups is 1. The molecule has 1 aliphatic heterocycles. The van der Waals surface area contributed by atoms with Crippen LogP contribution in [0, 0.1) is 26.6 Å². The predicted molar refractivity (Wildman–Crippen MR) is 124 cm³/mol. The van der Waals surface area contributed by atoms with Crippen molar-refractivity contribution in [2.45, 2.75) is 27.3 Å². The fourth-order valence-corrected chi connectivity index (χ4v) is 4.17. The van der Waals surface area contributed by atoms with E-state index in [1.165, 1.54) is 18.2 Å². The Balaban J connectivity index is 1.65. The van der Waals surface area contributed by atoms with Gasteiger partial charge < -0.3 is 15.0 Å². The van der Waals surface area contributed by atoms with Crippen molar-refractivity contribution in [3.05, 3.63) is 82.4 Å². The van der Waals surface area contributed by atoms with E-state index < -0.39 is 0 Å². The summed E-state index contributed by atoms with van der Waals surface area (Å²) < 4.78 is 18.9. The zero-order valence-electron chi connectivity index (χ0n) is 18.7. The molecule has 1 aromatic heterocycles. The molecule has 1 aliphatic rings. The Kier molecular flexibility index (Phi) is 6.51. The molecule has 2 heterocycles. The van der Waals surface area contributed by atoms with Crippen LogP contribution in [0.3, 0.4) is 0 Å². The number of morpholine rings is 1. The highest BCUT2D eigenvalue weighted by Crippen LogP contribution is 2.29. The summed E-state index contributed by atoms with van der Waals surface area (Å²) in [5, 5.41) is 3.02. The Morgan fingerprint density at radius 2 is 1.75 bits per heavy atom. The lowest BCUT2D eigenvalue weighted by Crippen LogP contribution is -2.36. The standard InChI is InChI=1S/C26H28FN3O2/c1-17-12-22(27)4-6-24(17)26(31)28-16-21-15-23(30-8-10-32-11-9-30)5-7-25(21)20-13-18(2)29-19(3)14-20/h4-7,12-15H,8-11,16H2,1-3H3,(H,28,31). The summed E-state index contributed by atoms with van der Waals surface area (Å²) in [7, 11) is 0. The van der Waals surface area contributed by atoms with Crippen molar-refractivity contribution in [1.29, 1.82) is 0 Å². The van der Waals surface area contributed by atoms with Gasteiger partial charge in [-0.2, -0.15) is 0 Å². The Bertz CT molecular complexity index is 1120. The van der Waals surface area contributed by atoms with Gasteiger partial charge in [0.15, 0.2) is 0 Å². The molecule has 3 aromatic rings. The molecule has 0 bridgehead atoms. The van der Waals surface area contributed by atoms with Gasteiger partial charge in [-0.15, -0.1) is 0 Å². The number of carbonyl (C=O) groups excluding carboxylic acids is 1. The fraction of sp³-hybridized carbons (Fsp3) is 0.308. The molecule has 1 saturated heterocycles. The van der Waals surface area contributed by atoms with Crippen LogP contribution < -0.4 is 10.2 Å². The molecule has 5 nitrogen and oxygen atoms in total. The molecule has 0 unspecified atom stereocenters. The van der Waals surface area contributed by atoms with E-state index in [0.717, 1.165) is 46.9 Å². The number of hydrogen-bond donors (Lipinski definition) is 1. The second kappa shape index (κ2) is 9.49. The smallest absolute Gasteiger partial charge is 0.251 e. The van der Waals surface area contributed by atoms with E-state index in [2.05, 4.69) is 45.5 Å². The molecule has 1 fully saturated rings. The van der Waals surface area contributed by atoms with E-state index in [4.69, 9.17) is 4.74 Å². The summed E-state index contributed by atoms with van der Waals surface area (Å²) in [5.41, 5.74) is 7.27. The molecule has 32 heavy (non-hydrogen) atoms. The summed E-state index contributed by atoms with van der Waals surface area (Å²) in [6, 6.07) is 14.7. The highest BCUT2D eigenvalue weighted by molar-refractivity contribution is 5.95. The van der Waals surface area contributed by atoms with E-state index in [9.17, 15) is 9.18 Å². The lowest BCUT2D eigenvalue weighted by Gasteiger charge is -2.29. The number of rotatable bonds is 5. The molecule has 1 N–H and O–H groups in total. The maximum atomic E-state index is 13.4. The third-order valence-electron chi connectivity index (χ3n) is 5.73. The third-order valence-corrected chi connectivity index (χ3v) is 5.73. The van der Waals surface area contributed by atoms with Gasteiger partial charge in [0, 0.05) is 42.3 Å². The van der Waals surface area contributed by atoms with Crippen molar-refractivity contribution in [3.63, 3.8) is 0 Å². The van der Waals surface area contributed by atoms with E-state index in [1.807, 2.05) is 13.8 Å². The first-order valence-electron chi connectivity index (χ1n) is 10.9. The predicted octanol–water partition coefficient (Wildman–Crippen LogP) is 4.58. The lowest BCUT2D eigenvalue weighted by molar-refractivity contribution is 0.0950. The topological polar surface area (TPSA) is 54.5 Å². The highest BCUT2D eigenvalue weighted by atomic mass is 19.1. The van der Waals surface area contributed by atoms with E-state index in [0.29, 0.717) is 30.9 Å². The number of nitrogens with one attached hydrogen (secondary N) is 1. The van der Waals surface area contributed by atoms with E-state index in [-0.39, 0.29) is 11.7 Å². The number of nitrogens with zero attached hydrogens (tertiary/aromatic N) is 2. The van der Waals surface area contributed by atoms with Crippen LogP contribution in [0.5, 0.6) is 0 Å². The number of benzene rings is 2. The van der Waals surface area contributed by atoms with Gasteiger partial charge >= 0.3 is 0 Å². The molecule has 1 amide bonds. The van der Waals surface area contributed by atoms with Crippen molar-refractivity contribution < 1.29 is 13.9 Å². The monoisotopic (exact) mass is 433 g/mol. The Hall–Kier alpha value is -3.25. The Morgan fingerprint density at radius 1 is 1.03 bits per heavy atom. The maximum Gasteiger partial charge on any atom is 0.251 e. The minimum Gasteiger partial charge on any atom is -0.378 e. The second-order valence-corrected chi connectivity index (χ2v) is 8.22. The van der Waals surface area contributed by atoms with Crippen LogP contribution in [0.1, 0.15) is 32.9 Å². The third kappa shape index (κ3) is 4.97. The highest BCUT2D eigenvalue weighted by Gasteiger charge is 2.16. The number of hydrogen-bond acceptors (Lipinski definition) is 4. The molecule has 0 spiro atoms. The average molecular weight is 434 g/mol. The van der Waals surface area contributed by atoms with Crippen LogP contribution >= 0.6 is 0 Å². The van der Waals surface area contributed by atoms with Gasteiger partial charge in [-0.25, -0.2) is 4.39 Å². The summed E-state index contributed by atoms with van der Waals surface area (Å²) in [6.45, 7) is 9.17. The quantitative estimate of drug-likeness (QED) is 0.640. The van der Waals surface area contributed by atoms with Crippen LogP contribution in [-0.4, -0.2) is 37.2 Å². The summed E-state index contributed by atoms with van der Waals surface area (Å²) in [6.07, 6.45) is 0. The van der Waals surface area contributed by atoms with Crippen LogP contribution in [0.4, 0.5) is 10.1 Å². The number of amides is 1. The average Bonchev–Trinajstić information content (AvgIpc) is 2.77. The van der Waals surface area contributed by atoms with Crippen LogP contribution in [0.2, 0.25) is 0 Å². The first-order valence-corrected chi connectivity index (χ1v) is 10.9. The van der Waals surface area contributed by atoms with Crippen LogP contribution in [0.25, 0.3) is 11.1 Å². The van der Waals surface area contributed by atoms with Crippen molar-refractivity contribution in [2.24, 2.45) is 0 Å². The first kappa shape index (κ1) is 22.0. The molecule has 0 aliphatic carbocycles. The molecule has 0 saturated carbocycles. The number of halogens is 1. The molecule has 0 radical (unpaired) electrons. The first-order chi connectivity index (χ1) is 15.4. The number of ether oxygens (including phenoxy) is 1. The number of anilines is 1. The Morgan fingerprint density at radius 3 is 2.44 bits per heavy atom. The minimum absolute atomic E-state index is 0.215. The SMILES string of the molecule is Cc1cc(-c2ccc(N3CCOCC3)cc2CNC(=O)c2ccc(F)cc2C)cc(C)n1. The largest absolute Gasteiger partial charge is 0.378 e. The molecule has 4 rings (SSSR count). The van der Waals surface area contributed by atoms with Gasteiger partial charge in [0.1, 0.15) is 5.82 Å². The molecule has 0 atom stereocenters. The van der Waals surface area contributed by atoms with Gasteiger partial charge in [-0.1, -0.05) is 6.07 Å². The van der Waals surface area contributed by atoms with E-state index >= 15 is 0 Å². The van der Waals surface area contributed by atoms with Gasteiger partial charge in [0.25, 0.3) is 5.91 Å².